The average Bonchev–Trinajstić information content (AvgIpc) is 3.64. The van der Waals surface area contributed by atoms with Gasteiger partial charge in [-0.15, -0.1) is 11.3 Å². The predicted molar refractivity (Wildman–Crippen MR) is 160 cm³/mol. The van der Waals surface area contributed by atoms with Crippen molar-refractivity contribution in [2.75, 3.05) is 18.1 Å². The summed E-state index contributed by atoms with van der Waals surface area (Å²) in [7, 11) is 0. The summed E-state index contributed by atoms with van der Waals surface area (Å²) in [6.45, 7) is 8.24. The van der Waals surface area contributed by atoms with Crippen molar-refractivity contribution in [3.05, 3.63) is 82.7 Å². The summed E-state index contributed by atoms with van der Waals surface area (Å²) in [4.78, 5) is 10.3. The van der Waals surface area contributed by atoms with Gasteiger partial charge >= 0.3 is 0 Å². The Balaban J connectivity index is 1.43. The van der Waals surface area contributed by atoms with Crippen molar-refractivity contribution in [2.45, 2.75) is 59.2 Å². The number of unbranched alkanes of at least 4 members (excludes halogenated alkanes) is 1. The smallest absolute Gasteiger partial charge is 0.241 e. The summed E-state index contributed by atoms with van der Waals surface area (Å²) in [5.41, 5.74) is 8.38. The quantitative estimate of drug-likeness (QED) is 0.0603. The summed E-state index contributed by atoms with van der Waals surface area (Å²) >= 11 is 1.75. The van der Waals surface area contributed by atoms with Crippen molar-refractivity contribution in [1.29, 1.82) is 0 Å². The Morgan fingerprint density at radius 3 is 2.35 bits per heavy atom. The van der Waals surface area contributed by atoms with Crippen molar-refractivity contribution >= 4 is 17.2 Å². The van der Waals surface area contributed by atoms with Gasteiger partial charge < -0.3 is 25.4 Å². The molecule has 0 amide bonds. The molecule has 0 spiro atoms. The van der Waals surface area contributed by atoms with Crippen LogP contribution in [0.25, 0.3) is 11.3 Å². The molecule has 40 heavy (non-hydrogen) atoms. The van der Waals surface area contributed by atoms with E-state index in [0.717, 1.165) is 67.2 Å². The molecule has 1 atom stereocenters. The first-order valence-electron chi connectivity index (χ1n) is 13.7. The maximum Gasteiger partial charge on any atom is 0.241 e. The molecule has 2 aromatic heterocycles. The van der Waals surface area contributed by atoms with E-state index in [-0.39, 0.29) is 5.84 Å². The van der Waals surface area contributed by atoms with E-state index in [1.807, 2.05) is 30.9 Å². The van der Waals surface area contributed by atoms with Crippen LogP contribution in [0, 0.1) is 6.92 Å². The van der Waals surface area contributed by atoms with Crippen molar-refractivity contribution in [3.8, 4) is 22.8 Å². The number of nitrogens with two attached hydrogens (primary N) is 1. The second-order valence-electron chi connectivity index (χ2n) is 9.49. The van der Waals surface area contributed by atoms with E-state index in [1.54, 1.807) is 35.6 Å². The van der Waals surface area contributed by atoms with Gasteiger partial charge in [-0.2, -0.15) is 0 Å². The van der Waals surface area contributed by atoms with E-state index in [4.69, 9.17) is 25.4 Å². The van der Waals surface area contributed by atoms with Gasteiger partial charge in [-0.3, -0.25) is 4.68 Å². The molecule has 4 aromatic rings. The highest BCUT2D eigenvalue weighted by molar-refractivity contribution is 7.12. The minimum atomic E-state index is -0.440. The van der Waals surface area contributed by atoms with E-state index >= 15 is 0 Å². The van der Waals surface area contributed by atoms with E-state index in [2.05, 4.69) is 52.7 Å². The van der Waals surface area contributed by atoms with Gasteiger partial charge in [-0.1, -0.05) is 25.4 Å². The van der Waals surface area contributed by atoms with Crippen LogP contribution in [-0.2, 0) is 6.42 Å². The molecule has 0 saturated carbocycles. The van der Waals surface area contributed by atoms with Gasteiger partial charge in [0.1, 0.15) is 17.8 Å². The number of aryl methyl sites for hydroxylation is 1. The van der Waals surface area contributed by atoms with Crippen molar-refractivity contribution < 1.29 is 14.7 Å². The van der Waals surface area contributed by atoms with Gasteiger partial charge in [-0.05, 0) is 68.3 Å². The SMILES string of the molecule is CCCCC(Oc1ccc(C(N)=NO)cc1)Oc1ccc(-c2nc(C)sc2CCN(CCC)n2ccnc2)cc1. The van der Waals surface area contributed by atoms with Gasteiger partial charge in [0, 0.05) is 54.3 Å². The molecule has 0 aliphatic heterocycles. The molecule has 212 valence electrons. The topological polar surface area (TPSA) is 111 Å². The lowest BCUT2D eigenvalue weighted by atomic mass is 10.1. The van der Waals surface area contributed by atoms with Crippen LogP contribution in [0.4, 0.5) is 0 Å². The van der Waals surface area contributed by atoms with Gasteiger partial charge in [-0.25, -0.2) is 9.97 Å². The van der Waals surface area contributed by atoms with Gasteiger partial charge in [0.25, 0.3) is 0 Å². The third kappa shape index (κ3) is 7.75. The molecular formula is C30H38N6O3S. The molecule has 0 bridgehead atoms. The highest BCUT2D eigenvalue weighted by Crippen LogP contribution is 2.30. The molecule has 2 aromatic carbocycles. The van der Waals surface area contributed by atoms with Crippen LogP contribution in [0.1, 0.15) is 55.0 Å². The zero-order chi connectivity index (χ0) is 28.3. The molecule has 10 heteroatoms. The Morgan fingerprint density at radius 2 is 1.75 bits per heavy atom. The molecule has 0 aliphatic rings. The Kier molecular flexibility index (Phi) is 10.4. The number of imidazole rings is 1. The van der Waals surface area contributed by atoms with Crippen LogP contribution in [0.15, 0.2) is 72.4 Å². The molecule has 0 saturated heterocycles. The highest BCUT2D eigenvalue weighted by Gasteiger charge is 2.16. The normalized spacial score (nSPS) is 12.3. The number of aromatic nitrogens is 3. The van der Waals surface area contributed by atoms with Crippen molar-refractivity contribution in [1.82, 2.24) is 14.6 Å². The van der Waals surface area contributed by atoms with E-state index in [9.17, 15) is 0 Å². The molecule has 0 fully saturated rings. The van der Waals surface area contributed by atoms with E-state index < -0.39 is 6.29 Å². The number of ether oxygens (including phenoxy) is 2. The number of rotatable bonds is 15. The summed E-state index contributed by atoms with van der Waals surface area (Å²) in [5.74, 6) is 1.45. The first-order valence-corrected chi connectivity index (χ1v) is 14.5. The number of nitrogens with zero attached hydrogens (tertiary/aromatic N) is 5. The van der Waals surface area contributed by atoms with Crippen molar-refractivity contribution in [2.24, 2.45) is 10.9 Å². The van der Waals surface area contributed by atoms with Crippen LogP contribution >= 0.6 is 11.3 Å². The van der Waals surface area contributed by atoms with Crippen LogP contribution in [-0.4, -0.2) is 45.1 Å². The Labute approximate surface area is 239 Å². The van der Waals surface area contributed by atoms with Crippen LogP contribution in [0.3, 0.4) is 0 Å². The molecular weight excluding hydrogens is 524 g/mol. The number of oxime groups is 1. The van der Waals surface area contributed by atoms with Crippen LogP contribution in [0.5, 0.6) is 11.5 Å². The van der Waals surface area contributed by atoms with Gasteiger partial charge in [0.15, 0.2) is 5.84 Å². The Morgan fingerprint density at radius 1 is 1.05 bits per heavy atom. The zero-order valence-electron chi connectivity index (χ0n) is 23.4. The molecule has 0 aliphatic carbocycles. The van der Waals surface area contributed by atoms with Crippen molar-refractivity contribution in [3.63, 3.8) is 0 Å². The van der Waals surface area contributed by atoms with Gasteiger partial charge in [0.2, 0.25) is 6.29 Å². The van der Waals surface area contributed by atoms with Crippen LogP contribution < -0.4 is 20.2 Å². The number of thiazole rings is 1. The molecule has 2 heterocycles. The van der Waals surface area contributed by atoms with E-state index in [0.29, 0.717) is 11.3 Å². The number of amidine groups is 1. The average molecular weight is 563 g/mol. The third-order valence-electron chi connectivity index (χ3n) is 6.41. The Hall–Kier alpha value is -4.05. The molecule has 1 unspecified atom stereocenters. The lowest BCUT2D eigenvalue weighted by Gasteiger charge is -2.24. The summed E-state index contributed by atoms with van der Waals surface area (Å²) < 4.78 is 14.5. The van der Waals surface area contributed by atoms with Gasteiger partial charge in [0.05, 0.1) is 10.7 Å². The molecule has 3 N–H and O–H groups in total. The first kappa shape index (κ1) is 28.9. The fraction of sp³-hybridized carbons (Fsp3) is 0.367. The lowest BCUT2D eigenvalue weighted by molar-refractivity contribution is -0.00211. The summed E-state index contributed by atoms with van der Waals surface area (Å²) in [6, 6.07) is 15.2. The monoisotopic (exact) mass is 562 g/mol. The Bertz CT molecular complexity index is 1340. The second kappa shape index (κ2) is 14.4. The molecule has 4 rings (SSSR count). The number of benzene rings is 2. The van der Waals surface area contributed by atoms with Crippen LogP contribution in [0.2, 0.25) is 0 Å². The fourth-order valence-corrected chi connectivity index (χ4v) is 5.33. The molecule has 0 radical (unpaired) electrons. The summed E-state index contributed by atoms with van der Waals surface area (Å²) in [6.07, 6.45) is 9.93. The fourth-order valence-electron chi connectivity index (χ4n) is 4.38. The largest absolute Gasteiger partial charge is 0.455 e. The predicted octanol–water partition coefficient (Wildman–Crippen LogP) is 5.97. The number of hydrogen-bond donors (Lipinski definition) is 2. The van der Waals surface area contributed by atoms with E-state index in [1.165, 1.54) is 4.88 Å². The molecule has 9 nitrogen and oxygen atoms in total. The zero-order valence-corrected chi connectivity index (χ0v) is 24.2. The lowest BCUT2D eigenvalue weighted by Crippen LogP contribution is -2.36. The number of hydrogen-bond acceptors (Lipinski definition) is 8. The summed E-state index contributed by atoms with van der Waals surface area (Å²) in [5, 5.41) is 15.3. The minimum Gasteiger partial charge on any atom is -0.455 e. The first-order chi connectivity index (χ1) is 19.5. The standard InChI is InChI=1S/C30H38N6O3S/c1-4-6-7-28(39-26-14-10-24(11-15-26)30(31)34-37)38-25-12-8-23(9-13-25)29-27(40-22(3)33-29)16-19-35(18-5-2)36-20-17-32-21-36/h8-15,17,20-21,28,37H,4-7,16,18-19H2,1-3H3,(H2,31,34). The third-order valence-corrected chi connectivity index (χ3v) is 7.44. The minimum absolute atomic E-state index is 0.0559. The highest BCUT2D eigenvalue weighted by atomic mass is 32.1. The second-order valence-corrected chi connectivity index (χ2v) is 10.8. The maximum atomic E-state index is 8.88. The maximum absolute atomic E-state index is 8.88.